The van der Waals surface area contributed by atoms with E-state index in [1.807, 2.05) is 25.2 Å². The number of hydrogen-bond acceptors (Lipinski definition) is 3. The maximum absolute atomic E-state index is 4.32. The lowest BCUT2D eigenvalue weighted by molar-refractivity contribution is 0.952. The normalized spacial score (nSPS) is 10.5. The van der Waals surface area contributed by atoms with Gasteiger partial charge in [0.25, 0.3) is 0 Å². The molecule has 1 heterocycles. The molecule has 0 atom stereocenters. The summed E-state index contributed by atoms with van der Waals surface area (Å²) in [4.78, 5) is 10.7. The molecule has 1 aromatic heterocycles. The van der Waals surface area contributed by atoms with Gasteiger partial charge in [-0.1, -0.05) is 28.1 Å². The fraction of sp³-hybridized carbons (Fsp3) is 0.273. The van der Waals surface area contributed by atoms with Gasteiger partial charge < -0.3 is 4.90 Å². The average Bonchev–Trinajstić information content (AvgIpc) is 2.28. The van der Waals surface area contributed by atoms with E-state index in [-0.39, 0.29) is 0 Å². The minimum Gasteiger partial charge on any atom is -0.358 e. The van der Waals surface area contributed by atoms with Crippen LogP contribution in [0, 0.1) is 0 Å². The summed E-state index contributed by atoms with van der Waals surface area (Å²) < 4.78 is 0. The first-order chi connectivity index (χ1) is 7.33. The van der Waals surface area contributed by atoms with E-state index in [9.17, 15) is 0 Å². The Kier molecular flexibility index (Phi) is 3.16. The van der Waals surface area contributed by atoms with E-state index in [1.165, 1.54) is 0 Å². The molecule has 0 saturated carbocycles. The third kappa shape index (κ3) is 2.09. The monoisotopic (exact) mass is 265 g/mol. The van der Waals surface area contributed by atoms with Crippen molar-refractivity contribution in [3.8, 4) is 0 Å². The summed E-state index contributed by atoms with van der Waals surface area (Å²) >= 11 is 3.43. The quantitative estimate of drug-likeness (QED) is 0.799. The van der Waals surface area contributed by atoms with Crippen molar-refractivity contribution in [3.63, 3.8) is 0 Å². The van der Waals surface area contributed by atoms with E-state index < -0.39 is 0 Å². The Balaban J connectivity index is 2.50. The van der Waals surface area contributed by atoms with Crippen LogP contribution in [0.1, 0.15) is 0 Å². The van der Waals surface area contributed by atoms with E-state index in [2.05, 4.69) is 36.9 Å². The number of rotatable bonds is 3. The predicted octanol–water partition coefficient (Wildman–Crippen LogP) is 2.46. The van der Waals surface area contributed by atoms with Crippen molar-refractivity contribution in [2.45, 2.75) is 0 Å². The molecule has 0 unspecified atom stereocenters. The number of hydrogen-bond donors (Lipinski definition) is 0. The number of aromatic nitrogens is 2. The van der Waals surface area contributed by atoms with Crippen LogP contribution in [0.4, 0.5) is 5.82 Å². The van der Waals surface area contributed by atoms with Gasteiger partial charge in [0.1, 0.15) is 12.1 Å². The highest BCUT2D eigenvalue weighted by Crippen LogP contribution is 2.21. The van der Waals surface area contributed by atoms with Gasteiger partial charge in [-0.2, -0.15) is 0 Å². The van der Waals surface area contributed by atoms with Gasteiger partial charge in [0, 0.05) is 24.3 Å². The van der Waals surface area contributed by atoms with Gasteiger partial charge in [0.2, 0.25) is 0 Å². The number of halogens is 1. The van der Waals surface area contributed by atoms with E-state index in [1.54, 1.807) is 6.33 Å². The van der Waals surface area contributed by atoms with Crippen LogP contribution in [-0.2, 0) is 0 Å². The Bertz CT molecular complexity index is 453. The lowest BCUT2D eigenvalue weighted by Crippen LogP contribution is -2.20. The molecule has 0 bridgehead atoms. The van der Waals surface area contributed by atoms with Crippen LogP contribution in [0.15, 0.2) is 30.6 Å². The van der Waals surface area contributed by atoms with Crippen molar-refractivity contribution in [3.05, 3.63) is 30.6 Å². The Morgan fingerprint density at radius 2 is 2.07 bits per heavy atom. The second kappa shape index (κ2) is 4.57. The van der Waals surface area contributed by atoms with Crippen LogP contribution in [-0.4, -0.2) is 28.9 Å². The van der Waals surface area contributed by atoms with Crippen molar-refractivity contribution in [2.24, 2.45) is 0 Å². The van der Waals surface area contributed by atoms with Crippen molar-refractivity contribution in [2.75, 3.05) is 23.8 Å². The van der Waals surface area contributed by atoms with Crippen LogP contribution < -0.4 is 4.90 Å². The molecule has 3 nitrogen and oxygen atoms in total. The summed E-state index contributed by atoms with van der Waals surface area (Å²) in [6.45, 7) is 0.932. The van der Waals surface area contributed by atoms with Crippen molar-refractivity contribution in [1.29, 1.82) is 0 Å². The van der Waals surface area contributed by atoms with Crippen LogP contribution in [0.25, 0.3) is 10.9 Å². The second-order valence-corrected chi connectivity index (χ2v) is 4.12. The first-order valence-electron chi connectivity index (χ1n) is 4.80. The third-order valence-corrected chi connectivity index (χ3v) is 2.66. The van der Waals surface area contributed by atoms with Crippen molar-refractivity contribution >= 4 is 32.7 Å². The zero-order valence-electron chi connectivity index (χ0n) is 8.52. The number of fused-ring (bicyclic) bond motifs is 1. The highest BCUT2D eigenvalue weighted by molar-refractivity contribution is 9.09. The molecule has 0 aliphatic carbocycles. The van der Waals surface area contributed by atoms with Crippen LogP contribution in [0.2, 0.25) is 0 Å². The first-order valence-corrected chi connectivity index (χ1v) is 5.92. The molecule has 4 heteroatoms. The Hall–Kier alpha value is -1.16. The molecule has 0 saturated heterocycles. The van der Waals surface area contributed by atoms with E-state index in [0.717, 1.165) is 28.6 Å². The average molecular weight is 266 g/mol. The lowest BCUT2D eigenvalue weighted by Gasteiger charge is -2.17. The molecule has 0 fully saturated rings. The van der Waals surface area contributed by atoms with Gasteiger partial charge in [-0.3, -0.25) is 0 Å². The predicted molar refractivity (Wildman–Crippen MR) is 66.6 cm³/mol. The SMILES string of the molecule is CN(CCBr)c1ncnc2ccccc12. The molecule has 2 aromatic rings. The van der Waals surface area contributed by atoms with E-state index >= 15 is 0 Å². The molecular formula is C11H12BrN3. The van der Waals surface area contributed by atoms with Gasteiger partial charge >= 0.3 is 0 Å². The minimum atomic E-state index is 0.932. The van der Waals surface area contributed by atoms with Crippen LogP contribution in [0.3, 0.4) is 0 Å². The molecular weight excluding hydrogens is 254 g/mol. The van der Waals surface area contributed by atoms with E-state index in [4.69, 9.17) is 0 Å². The summed E-state index contributed by atoms with van der Waals surface area (Å²) in [7, 11) is 2.04. The molecule has 0 N–H and O–H groups in total. The zero-order valence-corrected chi connectivity index (χ0v) is 10.1. The molecule has 0 aliphatic heterocycles. The molecule has 0 spiro atoms. The Labute approximate surface area is 97.3 Å². The summed E-state index contributed by atoms with van der Waals surface area (Å²) in [6, 6.07) is 8.05. The van der Waals surface area contributed by atoms with Crippen LogP contribution >= 0.6 is 15.9 Å². The fourth-order valence-corrected chi connectivity index (χ4v) is 2.06. The number of nitrogens with zero attached hydrogens (tertiary/aromatic N) is 3. The maximum Gasteiger partial charge on any atom is 0.139 e. The van der Waals surface area contributed by atoms with Gasteiger partial charge in [-0.25, -0.2) is 9.97 Å². The van der Waals surface area contributed by atoms with Crippen molar-refractivity contribution in [1.82, 2.24) is 9.97 Å². The maximum atomic E-state index is 4.32. The van der Waals surface area contributed by atoms with Crippen LogP contribution in [0.5, 0.6) is 0 Å². The third-order valence-electron chi connectivity index (χ3n) is 2.30. The summed E-state index contributed by atoms with van der Waals surface area (Å²) in [6.07, 6.45) is 1.61. The fourth-order valence-electron chi connectivity index (χ4n) is 1.53. The van der Waals surface area contributed by atoms with Gasteiger partial charge in [0.15, 0.2) is 0 Å². The highest BCUT2D eigenvalue weighted by Gasteiger charge is 2.06. The second-order valence-electron chi connectivity index (χ2n) is 3.32. The highest BCUT2D eigenvalue weighted by atomic mass is 79.9. The standard InChI is InChI=1S/C11H12BrN3/c1-15(7-6-12)11-9-4-2-3-5-10(9)13-8-14-11/h2-5,8H,6-7H2,1H3. The smallest absolute Gasteiger partial charge is 0.139 e. The van der Waals surface area contributed by atoms with Gasteiger partial charge in [-0.05, 0) is 12.1 Å². The van der Waals surface area contributed by atoms with E-state index in [0.29, 0.717) is 0 Å². The number of para-hydroxylation sites is 1. The number of alkyl halides is 1. The largest absolute Gasteiger partial charge is 0.358 e. The summed E-state index contributed by atoms with van der Waals surface area (Å²) in [5, 5.41) is 2.03. The van der Waals surface area contributed by atoms with Crippen molar-refractivity contribution < 1.29 is 0 Å². The molecule has 2 rings (SSSR count). The number of anilines is 1. The molecule has 78 valence electrons. The Morgan fingerprint density at radius 3 is 2.87 bits per heavy atom. The zero-order chi connectivity index (χ0) is 10.7. The topological polar surface area (TPSA) is 29.0 Å². The summed E-state index contributed by atoms with van der Waals surface area (Å²) in [5.41, 5.74) is 0.990. The molecule has 1 aromatic carbocycles. The van der Waals surface area contributed by atoms with Gasteiger partial charge in [0.05, 0.1) is 5.52 Å². The molecule has 15 heavy (non-hydrogen) atoms. The number of benzene rings is 1. The Morgan fingerprint density at radius 1 is 1.27 bits per heavy atom. The molecule has 0 radical (unpaired) electrons. The lowest BCUT2D eigenvalue weighted by atomic mass is 10.2. The molecule has 0 aliphatic rings. The van der Waals surface area contributed by atoms with Gasteiger partial charge in [-0.15, -0.1) is 0 Å². The summed E-state index contributed by atoms with van der Waals surface area (Å²) in [5.74, 6) is 0.986. The first kappa shape index (κ1) is 10.4. The molecule has 0 amide bonds. The minimum absolute atomic E-state index is 0.932.